The monoisotopic (exact) mass is 277 g/mol. The van der Waals surface area contributed by atoms with E-state index in [1.807, 2.05) is 35.0 Å². The van der Waals surface area contributed by atoms with Gasteiger partial charge in [-0.3, -0.25) is 0 Å². The van der Waals surface area contributed by atoms with Crippen molar-refractivity contribution in [3.63, 3.8) is 0 Å². The maximum absolute atomic E-state index is 11.6. The van der Waals surface area contributed by atoms with E-state index in [0.29, 0.717) is 12.1 Å². The zero-order valence-electron chi connectivity index (χ0n) is 10.4. The van der Waals surface area contributed by atoms with Crippen LogP contribution in [0.3, 0.4) is 0 Å². The van der Waals surface area contributed by atoms with E-state index in [1.54, 1.807) is 6.20 Å². The Kier molecular flexibility index (Phi) is 2.82. The largest absolute Gasteiger partial charge is 0.399 e. The van der Waals surface area contributed by atoms with Crippen LogP contribution in [-0.2, 0) is 9.84 Å². The highest BCUT2D eigenvalue weighted by atomic mass is 32.2. The molecule has 2 N–H and O–H groups in total. The summed E-state index contributed by atoms with van der Waals surface area (Å²) in [6, 6.07) is 7.43. The van der Waals surface area contributed by atoms with Crippen LogP contribution in [0.15, 0.2) is 36.7 Å². The fourth-order valence-corrected chi connectivity index (χ4v) is 4.17. The predicted molar refractivity (Wildman–Crippen MR) is 74.4 cm³/mol. The number of hydrogen-bond donors (Lipinski definition) is 1. The lowest BCUT2D eigenvalue weighted by Gasteiger charge is -2.13. The highest BCUT2D eigenvalue weighted by Gasteiger charge is 2.30. The van der Waals surface area contributed by atoms with Crippen molar-refractivity contribution in [1.82, 2.24) is 9.55 Å². The third-order valence-electron chi connectivity index (χ3n) is 3.44. The lowest BCUT2D eigenvalue weighted by Crippen LogP contribution is -2.11. The minimum atomic E-state index is -2.90. The van der Waals surface area contributed by atoms with Crippen LogP contribution in [0.1, 0.15) is 12.5 Å². The Hall–Kier alpha value is -1.82. The second-order valence-electron chi connectivity index (χ2n) is 4.84. The summed E-state index contributed by atoms with van der Waals surface area (Å²) in [4.78, 5) is 4.34. The Morgan fingerprint density at radius 2 is 2.00 bits per heavy atom. The van der Waals surface area contributed by atoms with Crippen LogP contribution >= 0.6 is 0 Å². The lowest BCUT2D eigenvalue weighted by molar-refractivity contribution is 0.560. The van der Waals surface area contributed by atoms with Gasteiger partial charge in [0, 0.05) is 23.6 Å². The first kappa shape index (κ1) is 12.2. The van der Waals surface area contributed by atoms with Gasteiger partial charge in [-0.05, 0) is 30.7 Å². The van der Waals surface area contributed by atoms with Crippen molar-refractivity contribution >= 4 is 15.5 Å². The SMILES string of the molecule is Nc1ccc(-c2nccn2C2CCS(=O)(=O)C2)cc1. The summed E-state index contributed by atoms with van der Waals surface area (Å²) >= 11 is 0. The standard InChI is InChI=1S/C13H15N3O2S/c14-11-3-1-10(2-4-11)13-15-6-7-16(13)12-5-8-19(17,18)9-12/h1-4,6-7,12H,5,8-9,14H2. The Morgan fingerprint density at radius 1 is 1.26 bits per heavy atom. The molecule has 2 aromatic rings. The number of nitrogen functional groups attached to an aromatic ring is 1. The van der Waals surface area contributed by atoms with E-state index in [9.17, 15) is 8.42 Å². The molecule has 0 spiro atoms. The number of nitrogens with zero attached hydrogens (tertiary/aromatic N) is 2. The van der Waals surface area contributed by atoms with Gasteiger partial charge in [0.2, 0.25) is 0 Å². The maximum atomic E-state index is 11.6. The summed E-state index contributed by atoms with van der Waals surface area (Å²) in [5, 5.41) is 0. The van der Waals surface area contributed by atoms with Crippen LogP contribution in [-0.4, -0.2) is 29.5 Å². The van der Waals surface area contributed by atoms with E-state index in [1.165, 1.54) is 0 Å². The van der Waals surface area contributed by atoms with Crippen molar-refractivity contribution in [2.24, 2.45) is 0 Å². The lowest BCUT2D eigenvalue weighted by atomic mass is 10.2. The fraction of sp³-hybridized carbons (Fsp3) is 0.308. The number of nitrogens with two attached hydrogens (primary N) is 1. The molecule has 1 unspecified atom stereocenters. The van der Waals surface area contributed by atoms with Crippen molar-refractivity contribution in [3.05, 3.63) is 36.7 Å². The first-order valence-corrected chi connectivity index (χ1v) is 7.96. The number of imidazole rings is 1. The quantitative estimate of drug-likeness (QED) is 0.844. The van der Waals surface area contributed by atoms with E-state index >= 15 is 0 Å². The van der Waals surface area contributed by atoms with Crippen LogP contribution in [0.5, 0.6) is 0 Å². The smallest absolute Gasteiger partial charge is 0.152 e. The Balaban J connectivity index is 1.97. The van der Waals surface area contributed by atoms with Crippen LogP contribution in [0.25, 0.3) is 11.4 Å². The molecular weight excluding hydrogens is 262 g/mol. The molecule has 1 atom stereocenters. The van der Waals surface area contributed by atoms with Crippen LogP contribution in [0.2, 0.25) is 0 Å². The number of benzene rings is 1. The number of sulfone groups is 1. The molecule has 2 heterocycles. The average Bonchev–Trinajstić information content (AvgIpc) is 2.96. The highest BCUT2D eigenvalue weighted by Crippen LogP contribution is 2.28. The molecule has 0 aliphatic carbocycles. The minimum absolute atomic E-state index is 0.0138. The zero-order valence-corrected chi connectivity index (χ0v) is 11.2. The zero-order chi connectivity index (χ0) is 13.5. The third kappa shape index (κ3) is 2.35. The molecular formula is C13H15N3O2S. The van der Waals surface area contributed by atoms with Crippen molar-refractivity contribution in [3.8, 4) is 11.4 Å². The normalized spacial score (nSPS) is 21.6. The molecule has 1 saturated heterocycles. The van der Waals surface area contributed by atoms with Gasteiger partial charge in [-0.25, -0.2) is 13.4 Å². The van der Waals surface area contributed by atoms with Gasteiger partial charge in [0.25, 0.3) is 0 Å². The van der Waals surface area contributed by atoms with Gasteiger partial charge in [-0.15, -0.1) is 0 Å². The fourth-order valence-electron chi connectivity index (χ4n) is 2.46. The van der Waals surface area contributed by atoms with Gasteiger partial charge in [0.05, 0.1) is 17.5 Å². The highest BCUT2D eigenvalue weighted by molar-refractivity contribution is 7.91. The van der Waals surface area contributed by atoms with Gasteiger partial charge < -0.3 is 10.3 Å². The molecule has 0 bridgehead atoms. The molecule has 0 saturated carbocycles. The van der Waals surface area contributed by atoms with Crippen LogP contribution in [0.4, 0.5) is 5.69 Å². The number of rotatable bonds is 2. The molecule has 1 aliphatic heterocycles. The van der Waals surface area contributed by atoms with E-state index in [-0.39, 0.29) is 17.5 Å². The number of anilines is 1. The van der Waals surface area contributed by atoms with Gasteiger partial charge in [0.1, 0.15) is 5.82 Å². The summed E-state index contributed by atoms with van der Waals surface area (Å²) in [6.07, 6.45) is 4.20. The molecule has 5 nitrogen and oxygen atoms in total. The van der Waals surface area contributed by atoms with Gasteiger partial charge in [-0.2, -0.15) is 0 Å². The van der Waals surface area contributed by atoms with Crippen molar-refractivity contribution in [2.75, 3.05) is 17.2 Å². The second kappa shape index (κ2) is 4.38. The third-order valence-corrected chi connectivity index (χ3v) is 5.19. The first-order chi connectivity index (χ1) is 9.05. The summed E-state index contributed by atoms with van der Waals surface area (Å²) in [6.45, 7) is 0. The second-order valence-corrected chi connectivity index (χ2v) is 7.07. The van der Waals surface area contributed by atoms with E-state index in [4.69, 9.17) is 5.73 Å². The first-order valence-electron chi connectivity index (χ1n) is 6.14. The van der Waals surface area contributed by atoms with Gasteiger partial charge >= 0.3 is 0 Å². The molecule has 1 aromatic carbocycles. The molecule has 100 valence electrons. The van der Waals surface area contributed by atoms with Crippen molar-refractivity contribution < 1.29 is 8.42 Å². The number of aromatic nitrogens is 2. The molecule has 1 fully saturated rings. The summed E-state index contributed by atoms with van der Waals surface area (Å²) in [5.41, 5.74) is 7.32. The number of hydrogen-bond acceptors (Lipinski definition) is 4. The van der Waals surface area contributed by atoms with E-state index in [2.05, 4.69) is 4.98 Å². The summed E-state index contributed by atoms with van der Waals surface area (Å²) in [7, 11) is -2.90. The predicted octanol–water partition coefficient (Wildman–Crippen LogP) is 1.49. The Labute approximate surface area is 112 Å². The molecule has 3 rings (SSSR count). The van der Waals surface area contributed by atoms with Crippen LogP contribution in [0, 0.1) is 0 Å². The van der Waals surface area contributed by atoms with Gasteiger partial charge in [-0.1, -0.05) is 0 Å². The molecule has 6 heteroatoms. The molecule has 0 radical (unpaired) electrons. The topological polar surface area (TPSA) is 78.0 Å². The minimum Gasteiger partial charge on any atom is -0.399 e. The van der Waals surface area contributed by atoms with E-state index in [0.717, 1.165) is 11.4 Å². The van der Waals surface area contributed by atoms with Crippen molar-refractivity contribution in [2.45, 2.75) is 12.5 Å². The molecule has 19 heavy (non-hydrogen) atoms. The maximum Gasteiger partial charge on any atom is 0.152 e. The van der Waals surface area contributed by atoms with Crippen molar-refractivity contribution in [1.29, 1.82) is 0 Å². The van der Waals surface area contributed by atoms with Crippen LogP contribution < -0.4 is 5.73 Å². The molecule has 0 amide bonds. The molecule has 1 aromatic heterocycles. The molecule has 1 aliphatic rings. The van der Waals surface area contributed by atoms with E-state index < -0.39 is 9.84 Å². The summed E-state index contributed by atoms with van der Waals surface area (Å²) < 4.78 is 25.1. The Bertz CT molecular complexity index is 689. The Morgan fingerprint density at radius 3 is 2.63 bits per heavy atom. The summed E-state index contributed by atoms with van der Waals surface area (Å²) in [5.74, 6) is 1.25. The van der Waals surface area contributed by atoms with Gasteiger partial charge in [0.15, 0.2) is 9.84 Å². The average molecular weight is 277 g/mol.